The summed E-state index contributed by atoms with van der Waals surface area (Å²) < 4.78 is 27.0. The van der Waals surface area contributed by atoms with Crippen LogP contribution >= 0.6 is 0 Å². The third kappa shape index (κ3) is 4.68. The highest BCUT2D eigenvalue weighted by Crippen LogP contribution is 2.24. The van der Waals surface area contributed by atoms with Gasteiger partial charge in [0.15, 0.2) is 0 Å². The molecular formula is C15H27N3O2S. The monoisotopic (exact) mass is 313 g/mol. The molecule has 0 saturated heterocycles. The van der Waals surface area contributed by atoms with Crippen LogP contribution in [0.2, 0.25) is 0 Å². The fourth-order valence-corrected chi connectivity index (χ4v) is 3.69. The summed E-state index contributed by atoms with van der Waals surface area (Å²) in [6.45, 7) is 8.85. The maximum absolute atomic E-state index is 12.8. The molecular weight excluding hydrogens is 286 g/mol. The Balaban J connectivity index is 3.07. The van der Waals surface area contributed by atoms with Gasteiger partial charge in [-0.1, -0.05) is 20.8 Å². The summed E-state index contributed by atoms with van der Waals surface area (Å²) >= 11 is 0. The minimum atomic E-state index is -3.54. The zero-order chi connectivity index (χ0) is 16.0. The highest BCUT2D eigenvalue weighted by Gasteiger charge is 2.28. The SMILES string of the molecule is CCCNc1ncccc1S(=O)(=O)N(C)C(C)CC(C)C. The van der Waals surface area contributed by atoms with E-state index in [4.69, 9.17) is 0 Å². The standard InChI is InChI=1S/C15H27N3O2S/c1-6-9-16-15-14(8-7-10-17-15)21(19,20)18(5)13(4)11-12(2)3/h7-8,10,12-13H,6,9,11H2,1-5H3,(H,16,17). The molecule has 6 heteroatoms. The van der Waals surface area contributed by atoms with Gasteiger partial charge in [-0.3, -0.25) is 0 Å². The van der Waals surface area contributed by atoms with Gasteiger partial charge in [0.1, 0.15) is 10.7 Å². The van der Waals surface area contributed by atoms with E-state index in [1.165, 1.54) is 4.31 Å². The van der Waals surface area contributed by atoms with E-state index in [1.807, 2.05) is 13.8 Å². The average Bonchev–Trinajstić information content (AvgIpc) is 2.43. The second-order valence-corrected chi connectivity index (χ2v) is 7.74. The molecule has 1 rings (SSSR count). The van der Waals surface area contributed by atoms with Crippen molar-refractivity contribution < 1.29 is 8.42 Å². The van der Waals surface area contributed by atoms with Gasteiger partial charge in [-0.2, -0.15) is 4.31 Å². The Hall–Kier alpha value is -1.14. The second kappa shape index (κ2) is 7.75. The lowest BCUT2D eigenvalue weighted by atomic mass is 10.1. The molecule has 0 spiro atoms. The van der Waals surface area contributed by atoms with Crippen LogP contribution < -0.4 is 5.32 Å². The van der Waals surface area contributed by atoms with E-state index < -0.39 is 10.0 Å². The van der Waals surface area contributed by atoms with Crippen LogP contribution in [0.15, 0.2) is 23.2 Å². The minimum absolute atomic E-state index is 0.0470. The minimum Gasteiger partial charge on any atom is -0.369 e. The Labute approximate surface area is 128 Å². The summed E-state index contributed by atoms with van der Waals surface area (Å²) in [5, 5.41) is 3.09. The van der Waals surface area contributed by atoms with Gasteiger partial charge in [0.2, 0.25) is 10.0 Å². The summed E-state index contributed by atoms with van der Waals surface area (Å²) in [7, 11) is -1.90. The van der Waals surface area contributed by atoms with Crippen molar-refractivity contribution in [1.82, 2.24) is 9.29 Å². The normalized spacial score (nSPS) is 13.7. The summed E-state index contributed by atoms with van der Waals surface area (Å²) in [4.78, 5) is 4.42. The molecule has 0 aliphatic carbocycles. The number of sulfonamides is 1. The lowest BCUT2D eigenvalue weighted by molar-refractivity contribution is 0.338. The maximum Gasteiger partial charge on any atom is 0.246 e. The average molecular weight is 313 g/mol. The third-order valence-electron chi connectivity index (χ3n) is 3.40. The summed E-state index contributed by atoms with van der Waals surface area (Å²) in [5.41, 5.74) is 0. The topological polar surface area (TPSA) is 62.3 Å². The second-order valence-electron chi connectivity index (χ2n) is 5.78. The fourth-order valence-electron chi connectivity index (χ4n) is 2.20. The van der Waals surface area contributed by atoms with E-state index in [-0.39, 0.29) is 10.9 Å². The Bertz CT molecular complexity index is 544. The molecule has 1 atom stereocenters. The van der Waals surface area contributed by atoms with E-state index >= 15 is 0 Å². The first-order valence-corrected chi connectivity index (χ1v) is 8.91. The third-order valence-corrected chi connectivity index (χ3v) is 5.41. The smallest absolute Gasteiger partial charge is 0.246 e. The van der Waals surface area contributed by atoms with Crippen molar-refractivity contribution in [2.24, 2.45) is 5.92 Å². The predicted octanol–water partition coefficient (Wildman–Crippen LogP) is 2.96. The van der Waals surface area contributed by atoms with Gasteiger partial charge in [0, 0.05) is 25.8 Å². The van der Waals surface area contributed by atoms with Gasteiger partial charge in [-0.15, -0.1) is 0 Å². The van der Waals surface area contributed by atoms with Crippen molar-refractivity contribution in [2.45, 2.75) is 51.5 Å². The molecule has 0 radical (unpaired) electrons. The number of anilines is 1. The van der Waals surface area contributed by atoms with Gasteiger partial charge in [0.05, 0.1) is 0 Å². The lowest BCUT2D eigenvalue weighted by Gasteiger charge is -2.26. The van der Waals surface area contributed by atoms with Gasteiger partial charge < -0.3 is 5.32 Å². The Morgan fingerprint density at radius 2 is 2.00 bits per heavy atom. The van der Waals surface area contributed by atoms with Gasteiger partial charge in [-0.05, 0) is 37.8 Å². The van der Waals surface area contributed by atoms with E-state index in [1.54, 1.807) is 25.4 Å². The van der Waals surface area contributed by atoms with E-state index in [0.717, 1.165) is 12.8 Å². The van der Waals surface area contributed by atoms with E-state index in [0.29, 0.717) is 18.3 Å². The van der Waals surface area contributed by atoms with Crippen LogP contribution in [-0.4, -0.2) is 37.3 Å². The summed E-state index contributed by atoms with van der Waals surface area (Å²) in [6, 6.07) is 3.22. The molecule has 1 aromatic heterocycles. The Kier molecular flexibility index (Phi) is 6.61. The summed E-state index contributed by atoms with van der Waals surface area (Å²) in [6.07, 6.45) is 3.35. The number of nitrogens with one attached hydrogen (secondary N) is 1. The first-order valence-electron chi connectivity index (χ1n) is 7.47. The molecule has 0 amide bonds. The number of aromatic nitrogens is 1. The highest BCUT2D eigenvalue weighted by molar-refractivity contribution is 7.89. The van der Waals surface area contributed by atoms with Crippen LogP contribution in [0.3, 0.4) is 0 Å². The van der Waals surface area contributed by atoms with Crippen LogP contribution in [0.25, 0.3) is 0 Å². The summed E-state index contributed by atoms with van der Waals surface area (Å²) in [5.74, 6) is 0.882. The number of hydrogen-bond acceptors (Lipinski definition) is 4. The molecule has 21 heavy (non-hydrogen) atoms. The molecule has 1 unspecified atom stereocenters. The molecule has 1 N–H and O–H groups in total. The molecule has 0 aliphatic rings. The first-order chi connectivity index (χ1) is 9.80. The lowest BCUT2D eigenvalue weighted by Crippen LogP contribution is -2.36. The molecule has 0 aromatic carbocycles. The predicted molar refractivity (Wildman–Crippen MR) is 86.9 cm³/mol. The highest BCUT2D eigenvalue weighted by atomic mass is 32.2. The largest absolute Gasteiger partial charge is 0.369 e. The van der Waals surface area contributed by atoms with Crippen LogP contribution in [0.5, 0.6) is 0 Å². The molecule has 1 heterocycles. The number of pyridine rings is 1. The van der Waals surface area contributed by atoms with Crippen LogP contribution in [0.1, 0.15) is 40.5 Å². The molecule has 0 aliphatic heterocycles. The zero-order valence-electron chi connectivity index (χ0n) is 13.6. The molecule has 0 saturated carbocycles. The van der Waals surface area contributed by atoms with Crippen molar-refractivity contribution in [3.05, 3.63) is 18.3 Å². The maximum atomic E-state index is 12.8. The number of hydrogen-bond donors (Lipinski definition) is 1. The van der Waals surface area contributed by atoms with Crippen molar-refractivity contribution >= 4 is 15.8 Å². The fraction of sp³-hybridized carbons (Fsp3) is 0.667. The van der Waals surface area contributed by atoms with E-state index in [9.17, 15) is 8.42 Å². The quantitative estimate of drug-likeness (QED) is 0.801. The molecule has 0 fully saturated rings. The van der Waals surface area contributed by atoms with Crippen LogP contribution in [0.4, 0.5) is 5.82 Å². The zero-order valence-corrected chi connectivity index (χ0v) is 14.4. The molecule has 1 aromatic rings. The van der Waals surface area contributed by atoms with Crippen LogP contribution in [-0.2, 0) is 10.0 Å². The van der Waals surface area contributed by atoms with Crippen molar-refractivity contribution in [3.8, 4) is 0 Å². The van der Waals surface area contributed by atoms with Crippen LogP contribution in [0, 0.1) is 5.92 Å². The van der Waals surface area contributed by atoms with Gasteiger partial charge in [0.25, 0.3) is 0 Å². The number of rotatable bonds is 8. The molecule has 5 nitrogen and oxygen atoms in total. The first kappa shape index (κ1) is 17.9. The number of nitrogens with zero attached hydrogens (tertiary/aromatic N) is 2. The van der Waals surface area contributed by atoms with Gasteiger partial charge in [-0.25, -0.2) is 13.4 Å². The Morgan fingerprint density at radius 1 is 1.33 bits per heavy atom. The van der Waals surface area contributed by atoms with Crippen molar-refractivity contribution in [1.29, 1.82) is 0 Å². The van der Waals surface area contributed by atoms with Crippen molar-refractivity contribution in [3.63, 3.8) is 0 Å². The molecule has 0 bridgehead atoms. The van der Waals surface area contributed by atoms with Gasteiger partial charge >= 0.3 is 0 Å². The molecule has 120 valence electrons. The Morgan fingerprint density at radius 3 is 2.57 bits per heavy atom. The van der Waals surface area contributed by atoms with E-state index in [2.05, 4.69) is 24.1 Å². The van der Waals surface area contributed by atoms with Crippen molar-refractivity contribution in [2.75, 3.05) is 18.9 Å².